The van der Waals surface area contributed by atoms with Gasteiger partial charge in [-0.05, 0) is 73.3 Å². The van der Waals surface area contributed by atoms with Crippen LogP contribution in [0.4, 0.5) is 26.3 Å². The summed E-state index contributed by atoms with van der Waals surface area (Å²) < 4.78 is 80.6. The van der Waals surface area contributed by atoms with Gasteiger partial charge < -0.3 is 10.0 Å². The predicted molar refractivity (Wildman–Crippen MR) is 152 cm³/mol. The van der Waals surface area contributed by atoms with Gasteiger partial charge >= 0.3 is 12.4 Å². The third kappa shape index (κ3) is 9.13. The van der Waals surface area contributed by atoms with Crippen molar-refractivity contribution >= 4 is 42.3 Å². The van der Waals surface area contributed by atoms with Crippen molar-refractivity contribution in [2.45, 2.75) is 37.7 Å². The van der Waals surface area contributed by atoms with E-state index in [-0.39, 0.29) is 54.6 Å². The van der Waals surface area contributed by atoms with Gasteiger partial charge in [0.1, 0.15) is 5.75 Å². The van der Waals surface area contributed by atoms with Gasteiger partial charge in [0.05, 0.1) is 16.1 Å². The van der Waals surface area contributed by atoms with Gasteiger partial charge in [-0.15, -0.1) is 24.8 Å². The number of halogens is 9. The number of aromatic hydroxyl groups is 1. The van der Waals surface area contributed by atoms with Crippen LogP contribution in [0.25, 0.3) is 0 Å². The first kappa shape index (κ1) is 35.5. The molecule has 5 nitrogen and oxygen atoms in total. The molecule has 1 fully saturated rings. The summed E-state index contributed by atoms with van der Waals surface area (Å²) in [5, 5.41) is 10.2. The van der Waals surface area contributed by atoms with Crippen LogP contribution in [-0.4, -0.2) is 58.0 Å². The van der Waals surface area contributed by atoms with Crippen LogP contribution >= 0.6 is 36.4 Å². The van der Waals surface area contributed by atoms with Crippen LogP contribution in [0, 0.1) is 0 Å². The van der Waals surface area contributed by atoms with Crippen LogP contribution in [0.3, 0.4) is 0 Å². The van der Waals surface area contributed by atoms with Gasteiger partial charge in [0.2, 0.25) is 0 Å². The zero-order valence-electron chi connectivity index (χ0n) is 22.0. The Morgan fingerprint density at radius 1 is 0.952 bits per heavy atom. The molecule has 1 N–H and O–H groups in total. The quantitative estimate of drug-likeness (QED) is 0.271. The fourth-order valence-corrected chi connectivity index (χ4v) is 4.94. The number of aromatic nitrogens is 1. The fraction of sp³-hybridized carbons (Fsp3) is 0.357. The van der Waals surface area contributed by atoms with E-state index in [0.717, 1.165) is 18.4 Å². The van der Waals surface area contributed by atoms with E-state index >= 15 is 0 Å². The summed E-state index contributed by atoms with van der Waals surface area (Å²) in [6, 6.07) is 8.71. The Bertz CT molecular complexity index is 1310. The van der Waals surface area contributed by atoms with Gasteiger partial charge in [0.25, 0.3) is 5.91 Å². The predicted octanol–water partition coefficient (Wildman–Crippen LogP) is 7.32. The summed E-state index contributed by atoms with van der Waals surface area (Å²) >= 11 is 5.91. The second-order valence-corrected chi connectivity index (χ2v) is 10.1. The van der Waals surface area contributed by atoms with Crippen LogP contribution in [0.1, 0.15) is 39.0 Å². The Morgan fingerprint density at radius 3 is 2.19 bits per heavy atom. The highest BCUT2D eigenvalue weighted by atomic mass is 35.5. The molecule has 1 atom stereocenters. The van der Waals surface area contributed by atoms with E-state index in [4.69, 9.17) is 11.6 Å². The Labute approximate surface area is 256 Å². The van der Waals surface area contributed by atoms with Gasteiger partial charge in [-0.1, -0.05) is 23.7 Å². The minimum Gasteiger partial charge on any atom is -0.506 e. The summed E-state index contributed by atoms with van der Waals surface area (Å²) in [6.45, 7) is 1.51. The number of aryl methyl sites for hydroxylation is 1. The molecule has 4 rings (SSSR count). The van der Waals surface area contributed by atoms with Crippen molar-refractivity contribution in [1.82, 2.24) is 14.8 Å². The van der Waals surface area contributed by atoms with Crippen molar-refractivity contribution in [3.05, 3.63) is 93.8 Å². The maximum Gasteiger partial charge on any atom is 0.416 e. The lowest BCUT2D eigenvalue weighted by Crippen LogP contribution is -2.56. The number of piperazine rings is 1. The highest BCUT2D eigenvalue weighted by Gasteiger charge is 2.39. The summed E-state index contributed by atoms with van der Waals surface area (Å²) in [4.78, 5) is 21.0. The lowest BCUT2D eigenvalue weighted by molar-refractivity contribution is -0.143. The molecular formula is C28H28Cl3F6N3O2. The number of phenols is 1. The summed E-state index contributed by atoms with van der Waals surface area (Å²) in [7, 11) is 0. The first-order valence-electron chi connectivity index (χ1n) is 12.5. The molecule has 0 bridgehead atoms. The normalized spacial score (nSPS) is 16.0. The number of pyridine rings is 1. The number of phenolic OH excluding ortho intramolecular Hbond substituents is 1. The Kier molecular flexibility index (Phi) is 12.4. The average molecular weight is 659 g/mol. The van der Waals surface area contributed by atoms with Crippen molar-refractivity contribution in [3.63, 3.8) is 0 Å². The van der Waals surface area contributed by atoms with Crippen LogP contribution in [-0.2, 0) is 25.2 Å². The molecule has 1 amide bonds. The molecule has 1 aliphatic rings. The van der Waals surface area contributed by atoms with Gasteiger partial charge in [0, 0.05) is 43.6 Å². The van der Waals surface area contributed by atoms with Gasteiger partial charge in [0.15, 0.2) is 0 Å². The molecule has 0 unspecified atom stereocenters. The summed E-state index contributed by atoms with van der Waals surface area (Å²) in [6.07, 6.45) is -4.91. The van der Waals surface area contributed by atoms with E-state index in [0.29, 0.717) is 37.3 Å². The van der Waals surface area contributed by atoms with E-state index in [1.54, 1.807) is 18.5 Å². The highest BCUT2D eigenvalue weighted by molar-refractivity contribution is 6.32. The summed E-state index contributed by atoms with van der Waals surface area (Å²) in [5.41, 5.74) is -2.09. The molecule has 0 saturated carbocycles. The molecule has 0 spiro atoms. The van der Waals surface area contributed by atoms with E-state index in [2.05, 4.69) is 9.88 Å². The number of hydrogen-bond donors (Lipinski definition) is 1. The molecule has 2 aromatic carbocycles. The first-order valence-corrected chi connectivity index (χ1v) is 12.9. The minimum absolute atomic E-state index is 0. The van der Waals surface area contributed by atoms with E-state index in [9.17, 15) is 36.2 Å². The zero-order valence-corrected chi connectivity index (χ0v) is 24.3. The largest absolute Gasteiger partial charge is 0.506 e. The molecule has 0 aliphatic carbocycles. The van der Waals surface area contributed by atoms with Gasteiger partial charge in [-0.25, -0.2) is 0 Å². The zero-order chi connectivity index (χ0) is 29.1. The molecule has 14 heteroatoms. The SMILES string of the molecule is Cl.Cl.O=C(c1cc(C(F)(F)F)cc(C(F)(F)F)c1)N1CCN(CCCc2cccnc2)C[C@H]1Cc1ccc(Cl)c(O)c1. The molecule has 0 radical (unpaired) electrons. The van der Waals surface area contributed by atoms with Crippen LogP contribution < -0.4 is 0 Å². The van der Waals surface area contributed by atoms with Crippen molar-refractivity contribution in [3.8, 4) is 5.75 Å². The van der Waals surface area contributed by atoms with Crippen molar-refractivity contribution in [2.24, 2.45) is 0 Å². The second kappa shape index (κ2) is 14.6. The maximum absolute atomic E-state index is 13.5. The van der Waals surface area contributed by atoms with Crippen LogP contribution in [0.15, 0.2) is 60.9 Å². The van der Waals surface area contributed by atoms with E-state index < -0.39 is 41.0 Å². The standard InChI is InChI=1S/C28H26ClF6N3O2.2ClH/c29-24-6-5-19(12-25(24)39)11-23-17-37(8-2-4-18-3-1-7-36-16-18)9-10-38(23)26(40)20-13-21(27(30,31)32)15-22(14-20)28(33,34)35;;/h1,3,5-7,12-16,23,39H,2,4,8-11,17H2;2*1H/t23-;;/m1../s1. The number of carbonyl (C=O) groups excluding carboxylic acids is 1. The average Bonchev–Trinajstić information content (AvgIpc) is 2.90. The molecule has 1 aliphatic heterocycles. The second-order valence-electron chi connectivity index (χ2n) is 9.70. The summed E-state index contributed by atoms with van der Waals surface area (Å²) in [5.74, 6) is -1.09. The third-order valence-electron chi connectivity index (χ3n) is 6.81. The van der Waals surface area contributed by atoms with Crippen LogP contribution in [0.2, 0.25) is 5.02 Å². The Hall–Kier alpha value is -2.73. The molecule has 230 valence electrons. The number of carbonyl (C=O) groups is 1. The smallest absolute Gasteiger partial charge is 0.416 e. The highest BCUT2D eigenvalue weighted by Crippen LogP contribution is 2.37. The van der Waals surface area contributed by atoms with E-state index in [1.807, 2.05) is 12.1 Å². The van der Waals surface area contributed by atoms with Crippen molar-refractivity contribution in [1.29, 1.82) is 0 Å². The number of hydrogen-bond acceptors (Lipinski definition) is 4. The van der Waals surface area contributed by atoms with Gasteiger partial charge in [-0.3, -0.25) is 14.7 Å². The molecule has 2 heterocycles. The number of rotatable bonds is 7. The Balaban J connectivity index is 0.00000308. The number of alkyl halides is 6. The molecule has 3 aromatic rings. The number of benzene rings is 2. The minimum atomic E-state index is -5.07. The van der Waals surface area contributed by atoms with Crippen molar-refractivity contribution < 1.29 is 36.2 Å². The van der Waals surface area contributed by atoms with Crippen molar-refractivity contribution in [2.75, 3.05) is 26.2 Å². The van der Waals surface area contributed by atoms with Gasteiger partial charge in [-0.2, -0.15) is 26.3 Å². The monoisotopic (exact) mass is 657 g/mol. The topological polar surface area (TPSA) is 56.7 Å². The third-order valence-corrected chi connectivity index (χ3v) is 7.13. The molecule has 1 aromatic heterocycles. The molecular weight excluding hydrogens is 631 g/mol. The van der Waals surface area contributed by atoms with E-state index in [1.165, 1.54) is 17.0 Å². The molecule has 42 heavy (non-hydrogen) atoms. The molecule has 1 saturated heterocycles. The van der Waals surface area contributed by atoms with Crippen LogP contribution in [0.5, 0.6) is 5.75 Å². The maximum atomic E-state index is 13.5. The lowest BCUT2D eigenvalue weighted by Gasteiger charge is -2.42. The fourth-order valence-electron chi connectivity index (χ4n) is 4.82. The Morgan fingerprint density at radius 2 is 1.62 bits per heavy atom. The number of amides is 1. The first-order chi connectivity index (χ1) is 18.8. The lowest BCUT2D eigenvalue weighted by atomic mass is 9.98. The number of nitrogens with zero attached hydrogens (tertiary/aromatic N) is 3.